The number of nitrogens with zero attached hydrogens (tertiary/aromatic N) is 3. The number of hydrogen-bond donors (Lipinski definition) is 0. The third kappa shape index (κ3) is 1.93. The summed E-state index contributed by atoms with van der Waals surface area (Å²) in [7, 11) is 0. The summed E-state index contributed by atoms with van der Waals surface area (Å²) in [5, 5.41) is 4.00. The molecule has 1 aromatic carbocycles. The molecule has 4 nitrogen and oxygen atoms in total. The highest BCUT2D eigenvalue weighted by Crippen LogP contribution is 2.17. The van der Waals surface area contributed by atoms with E-state index in [1.165, 1.54) is 6.33 Å². The monoisotopic (exact) mass is 201 g/mol. The molecule has 76 valence electrons. The van der Waals surface area contributed by atoms with Crippen LogP contribution in [-0.4, -0.2) is 20.5 Å². The Kier molecular flexibility index (Phi) is 2.58. The number of hydrogen-bond acceptors (Lipinski definition) is 3. The molecule has 0 radical (unpaired) electrons. The smallest absolute Gasteiger partial charge is 0.158 e. The predicted octanol–water partition coefficient (Wildman–Crippen LogP) is 1.46. The molecule has 4 heteroatoms. The zero-order valence-electron chi connectivity index (χ0n) is 8.37. The van der Waals surface area contributed by atoms with Gasteiger partial charge < -0.3 is 0 Å². The Morgan fingerprint density at radius 2 is 2.07 bits per heavy atom. The van der Waals surface area contributed by atoms with Gasteiger partial charge in [-0.05, 0) is 12.5 Å². The Hall–Kier alpha value is -1.97. The molecule has 2 rings (SSSR count). The first-order valence-electron chi connectivity index (χ1n) is 4.68. The van der Waals surface area contributed by atoms with Crippen molar-refractivity contribution in [3.63, 3.8) is 0 Å². The molecule has 1 aromatic heterocycles. The quantitative estimate of drug-likeness (QED) is 0.755. The maximum atomic E-state index is 11.6. The molecular weight excluding hydrogens is 190 g/mol. The van der Waals surface area contributed by atoms with Gasteiger partial charge in [0, 0.05) is 0 Å². The zero-order valence-corrected chi connectivity index (χ0v) is 8.37. The fourth-order valence-electron chi connectivity index (χ4n) is 1.56. The van der Waals surface area contributed by atoms with Gasteiger partial charge >= 0.3 is 0 Å². The lowest BCUT2D eigenvalue weighted by atomic mass is 10.0. The molecule has 0 amide bonds. The van der Waals surface area contributed by atoms with Crippen molar-refractivity contribution in [2.75, 3.05) is 0 Å². The van der Waals surface area contributed by atoms with Crippen LogP contribution in [0.15, 0.2) is 43.0 Å². The first-order valence-corrected chi connectivity index (χ1v) is 4.68. The molecule has 0 aliphatic heterocycles. The Morgan fingerprint density at radius 1 is 1.33 bits per heavy atom. The lowest BCUT2D eigenvalue weighted by molar-refractivity contribution is -0.119. The van der Waals surface area contributed by atoms with Crippen LogP contribution in [0.5, 0.6) is 0 Å². The molecule has 1 heterocycles. The van der Waals surface area contributed by atoms with Gasteiger partial charge in [-0.1, -0.05) is 30.3 Å². The molecule has 0 aliphatic rings. The second kappa shape index (κ2) is 4.04. The van der Waals surface area contributed by atoms with E-state index in [0.29, 0.717) is 0 Å². The van der Waals surface area contributed by atoms with E-state index in [1.807, 2.05) is 30.3 Å². The van der Waals surface area contributed by atoms with Crippen LogP contribution in [-0.2, 0) is 4.79 Å². The molecule has 1 unspecified atom stereocenters. The van der Waals surface area contributed by atoms with E-state index >= 15 is 0 Å². The minimum atomic E-state index is -0.367. The van der Waals surface area contributed by atoms with E-state index < -0.39 is 0 Å². The maximum Gasteiger partial charge on any atom is 0.158 e. The molecule has 0 bridgehead atoms. The van der Waals surface area contributed by atoms with E-state index in [-0.39, 0.29) is 11.8 Å². The van der Waals surface area contributed by atoms with Gasteiger partial charge in [0.1, 0.15) is 18.7 Å². The number of Topliss-reactive ketones (excluding diaryl/α,β-unsaturated/α-hetero) is 1. The molecule has 0 saturated heterocycles. The summed E-state index contributed by atoms with van der Waals surface area (Å²) in [5.74, 6) is 0.0479. The first kappa shape index (κ1) is 9.58. The van der Waals surface area contributed by atoms with E-state index in [4.69, 9.17) is 0 Å². The average molecular weight is 201 g/mol. The number of benzene rings is 1. The van der Waals surface area contributed by atoms with Crippen molar-refractivity contribution >= 4 is 5.78 Å². The van der Waals surface area contributed by atoms with Gasteiger partial charge in [0.05, 0.1) is 0 Å². The number of carbonyl (C=O) groups is 1. The van der Waals surface area contributed by atoms with Crippen molar-refractivity contribution in [1.82, 2.24) is 14.8 Å². The first-order chi connectivity index (χ1) is 7.29. The van der Waals surface area contributed by atoms with Crippen molar-refractivity contribution in [3.05, 3.63) is 48.5 Å². The summed E-state index contributed by atoms with van der Waals surface area (Å²) in [5.41, 5.74) is 0.926. The zero-order chi connectivity index (χ0) is 10.7. The topological polar surface area (TPSA) is 47.8 Å². The third-order valence-corrected chi connectivity index (χ3v) is 2.20. The van der Waals surface area contributed by atoms with Gasteiger partial charge in [0.2, 0.25) is 0 Å². The number of carbonyl (C=O) groups excluding carboxylic acids is 1. The van der Waals surface area contributed by atoms with Crippen molar-refractivity contribution in [2.24, 2.45) is 0 Å². The van der Waals surface area contributed by atoms with Crippen molar-refractivity contribution in [3.8, 4) is 0 Å². The van der Waals surface area contributed by atoms with Crippen LogP contribution in [0.1, 0.15) is 18.5 Å². The van der Waals surface area contributed by atoms with Gasteiger partial charge in [-0.15, -0.1) is 0 Å². The molecule has 1 atom stereocenters. The van der Waals surface area contributed by atoms with Crippen LogP contribution in [0.4, 0.5) is 0 Å². The maximum absolute atomic E-state index is 11.6. The molecule has 0 fully saturated rings. The minimum absolute atomic E-state index is 0.0479. The van der Waals surface area contributed by atoms with E-state index in [2.05, 4.69) is 10.1 Å². The van der Waals surface area contributed by atoms with Crippen LogP contribution >= 0.6 is 0 Å². The van der Waals surface area contributed by atoms with Gasteiger partial charge in [-0.25, -0.2) is 9.67 Å². The van der Waals surface area contributed by atoms with Crippen LogP contribution in [0.25, 0.3) is 0 Å². The van der Waals surface area contributed by atoms with Gasteiger partial charge in [-0.2, -0.15) is 5.10 Å². The summed E-state index contributed by atoms with van der Waals surface area (Å²) in [6.07, 6.45) is 2.98. The van der Waals surface area contributed by atoms with Crippen molar-refractivity contribution in [1.29, 1.82) is 0 Å². The lowest BCUT2D eigenvalue weighted by Gasteiger charge is -2.13. The predicted molar refractivity (Wildman–Crippen MR) is 55.3 cm³/mol. The van der Waals surface area contributed by atoms with Crippen LogP contribution in [0.2, 0.25) is 0 Å². The third-order valence-electron chi connectivity index (χ3n) is 2.20. The van der Waals surface area contributed by atoms with Crippen molar-refractivity contribution < 1.29 is 4.79 Å². The normalized spacial score (nSPS) is 12.3. The van der Waals surface area contributed by atoms with Crippen LogP contribution in [0, 0.1) is 0 Å². The lowest BCUT2D eigenvalue weighted by Crippen LogP contribution is -2.18. The Balaban J connectivity index is 2.42. The average Bonchev–Trinajstić information content (AvgIpc) is 2.72. The fourth-order valence-corrected chi connectivity index (χ4v) is 1.56. The molecule has 0 saturated carbocycles. The largest absolute Gasteiger partial charge is 0.297 e. The molecule has 15 heavy (non-hydrogen) atoms. The molecule has 0 N–H and O–H groups in total. The fraction of sp³-hybridized carbons (Fsp3) is 0.182. The van der Waals surface area contributed by atoms with Gasteiger partial charge in [0.15, 0.2) is 5.78 Å². The summed E-state index contributed by atoms with van der Waals surface area (Å²) < 4.78 is 1.57. The Bertz CT molecular complexity index is 436. The highest BCUT2D eigenvalue weighted by molar-refractivity contribution is 5.83. The van der Waals surface area contributed by atoms with E-state index in [9.17, 15) is 4.79 Å². The van der Waals surface area contributed by atoms with Gasteiger partial charge in [-0.3, -0.25) is 4.79 Å². The molecule has 2 aromatic rings. The van der Waals surface area contributed by atoms with Crippen LogP contribution in [0.3, 0.4) is 0 Å². The molecule has 0 spiro atoms. The number of aromatic nitrogens is 3. The molecule has 0 aliphatic carbocycles. The van der Waals surface area contributed by atoms with Gasteiger partial charge in [0.25, 0.3) is 0 Å². The standard InChI is InChI=1S/C11H11N3O/c1-9(15)11(14-8-12-7-13-14)10-5-3-2-4-6-10/h2-8,11H,1H3. The summed E-state index contributed by atoms with van der Waals surface area (Å²) in [6, 6.07) is 9.18. The summed E-state index contributed by atoms with van der Waals surface area (Å²) >= 11 is 0. The number of rotatable bonds is 3. The molecular formula is C11H11N3O. The Morgan fingerprint density at radius 3 is 2.60 bits per heavy atom. The van der Waals surface area contributed by atoms with E-state index in [1.54, 1.807) is 17.9 Å². The SMILES string of the molecule is CC(=O)C(c1ccccc1)n1cncn1. The van der Waals surface area contributed by atoms with E-state index in [0.717, 1.165) is 5.56 Å². The highest BCUT2D eigenvalue weighted by Gasteiger charge is 2.18. The highest BCUT2D eigenvalue weighted by atomic mass is 16.1. The second-order valence-corrected chi connectivity index (χ2v) is 3.30. The van der Waals surface area contributed by atoms with Crippen LogP contribution < -0.4 is 0 Å². The van der Waals surface area contributed by atoms with Crippen molar-refractivity contribution in [2.45, 2.75) is 13.0 Å². The minimum Gasteiger partial charge on any atom is -0.297 e. The summed E-state index contributed by atoms with van der Waals surface area (Å²) in [6.45, 7) is 1.55. The Labute approximate surface area is 87.6 Å². The number of ketones is 1. The summed E-state index contributed by atoms with van der Waals surface area (Å²) in [4.78, 5) is 15.4. The second-order valence-electron chi connectivity index (χ2n) is 3.30.